The molecule has 0 amide bonds. The summed E-state index contributed by atoms with van der Waals surface area (Å²) in [5.41, 5.74) is 3.41. The van der Waals surface area contributed by atoms with E-state index in [1.165, 1.54) is 11.1 Å². The number of imidazole rings is 1. The number of hydrogen-bond acceptors (Lipinski definition) is 2. The highest BCUT2D eigenvalue weighted by Crippen LogP contribution is 2.10. The highest BCUT2D eigenvalue weighted by atomic mass is 16.4. The highest BCUT2D eigenvalue weighted by molar-refractivity contribution is 5.66. The van der Waals surface area contributed by atoms with Crippen molar-refractivity contribution in [3.8, 4) is 0 Å². The van der Waals surface area contributed by atoms with Crippen LogP contribution in [0.5, 0.6) is 0 Å². The molecule has 4 nitrogen and oxygen atoms in total. The second kappa shape index (κ2) is 6.18. The number of carboxylic acid groups (broad SMARTS) is 1. The Hall–Kier alpha value is -2.10. The Bertz CT molecular complexity index is 544. The fourth-order valence-corrected chi connectivity index (χ4v) is 1.95. The maximum absolute atomic E-state index is 10.5. The van der Waals surface area contributed by atoms with E-state index in [0.29, 0.717) is 6.42 Å². The molecule has 0 bridgehead atoms. The lowest BCUT2D eigenvalue weighted by atomic mass is 10.1. The topological polar surface area (TPSA) is 66.0 Å². The first-order valence-electron chi connectivity index (χ1n) is 6.49. The van der Waals surface area contributed by atoms with Gasteiger partial charge in [0.1, 0.15) is 5.82 Å². The average molecular weight is 258 g/mol. The molecule has 0 unspecified atom stereocenters. The molecule has 0 saturated carbocycles. The molecule has 19 heavy (non-hydrogen) atoms. The maximum Gasteiger partial charge on any atom is 0.303 e. The smallest absolute Gasteiger partial charge is 0.303 e. The summed E-state index contributed by atoms with van der Waals surface area (Å²) >= 11 is 0. The quantitative estimate of drug-likeness (QED) is 0.837. The van der Waals surface area contributed by atoms with Gasteiger partial charge in [-0.25, -0.2) is 4.98 Å². The molecule has 1 heterocycles. The SMILES string of the molecule is CCc1ccc(Cc2ncc(CCC(=O)O)[nH]2)cc1. The number of nitrogens with zero attached hydrogens (tertiary/aromatic N) is 1. The van der Waals surface area contributed by atoms with Crippen LogP contribution in [-0.4, -0.2) is 21.0 Å². The van der Waals surface area contributed by atoms with Crippen LogP contribution in [0.4, 0.5) is 0 Å². The van der Waals surface area contributed by atoms with Crippen LogP contribution >= 0.6 is 0 Å². The third kappa shape index (κ3) is 3.95. The molecule has 0 fully saturated rings. The molecular weight excluding hydrogens is 240 g/mol. The summed E-state index contributed by atoms with van der Waals surface area (Å²) < 4.78 is 0. The van der Waals surface area contributed by atoms with Gasteiger partial charge in [-0.2, -0.15) is 0 Å². The molecule has 1 aromatic heterocycles. The van der Waals surface area contributed by atoms with E-state index >= 15 is 0 Å². The monoisotopic (exact) mass is 258 g/mol. The Balaban J connectivity index is 1.96. The van der Waals surface area contributed by atoms with Crippen LogP contribution in [0.25, 0.3) is 0 Å². The Morgan fingerprint density at radius 1 is 1.26 bits per heavy atom. The second-order valence-electron chi connectivity index (χ2n) is 4.60. The number of aromatic amines is 1. The first kappa shape index (κ1) is 13.3. The van der Waals surface area contributed by atoms with Gasteiger partial charge in [-0.05, 0) is 24.0 Å². The minimum Gasteiger partial charge on any atom is -0.481 e. The molecular formula is C15H18N2O2. The van der Waals surface area contributed by atoms with Gasteiger partial charge in [-0.1, -0.05) is 31.2 Å². The lowest BCUT2D eigenvalue weighted by molar-refractivity contribution is -0.136. The third-order valence-electron chi connectivity index (χ3n) is 3.09. The predicted molar refractivity (Wildman–Crippen MR) is 73.2 cm³/mol. The molecule has 1 aromatic carbocycles. The molecule has 0 aliphatic carbocycles. The summed E-state index contributed by atoms with van der Waals surface area (Å²) in [4.78, 5) is 18.0. The van der Waals surface area contributed by atoms with Crippen molar-refractivity contribution in [2.24, 2.45) is 0 Å². The molecule has 0 aliphatic heterocycles. The van der Waals surface area contributed by atoms with Gasteiger partial charge in [0, 0.05) is 18.3 Å². The third-order valence-corrected chi connectivity index (χ3v) is 3.09. The lowest BCUT2D eigenvalue weighted by Crippen LogP contribution is -1.98. The molecule has 2 rings (SSSR count). The van der Waals surface area contributed by atoms with Crippen molar-refractivity contribution in [2.75, 3.05) is 0 Å². The van der Waals surface area contributed by atoms with E-state index in [1.807, 2.05) is 0 Å². The summed E-state index contributed by atoms with van der Waals surface area (Å²) in [5, 5.41) is 8.63. The number of aryl methyl sites for hydroxylation is 2. The normalized spacial score (nSPS) is 10.6. The zero-order valence-electron chi connectivity index (χ0n) is 11.0. The van der Waals surface area contributed by atoms with Crippen LogP contribution in [0.15, 0.2) is 30.5 Å². The van der Waals surface area contributed by atoms with E-state index in [9.17, 15) is 4.79 Å². The van der Waals surface area contributed by atoms with Crippen LogP contribution in [0.1, 0.15) is 36.0 Å². The van der Waals surface area contributed by atoms with E-state index in [1.54, 1.807) is 6.20 Å². The van der Waals surface area contributed by atoms with Gasteiger partial charge in [0.05, 0.1) is 6.42 Å². The van der Waals surface area contributed by atoms with Gasteiger partial charge in [-0.3, -0.25) is 4.79 Å². The number of aliphatic carboxylic acids is 1. The summed E-state index contributed by atoms with van der Waals surface area (Å²) in [7, 11) is 0. The van der Waals surface area contributed by atoms with Gasteiger partial charge in [0.25, 0.3) is 0 Å². The molecule has 0 atom stereocenters. The van der Waals surface area contributed by atoms with Crippen LogP contribution in [0, 0.1) is 0 Å². The number of nitrogens with one attached hydrogen (secondary N) is 1. The predicted octanol–water partition coefficient (Wildman–Crippen LogP) is 2.58. The molecule has 0 spiro atoms. The van der Waals surface area contributed by atoms with Crippen molar-refractivity contribution >= 4 is 5.97 Å². The molecule has 0 aliphatic rings. The van der Waals surface area contributed by atoms with Crippen LogP contribution in [-0.2, 0) is 24.1 Å². The standard InChI is InChI=1S/C15H18N2O2/c1-2-11-3-5-12(6-4-11)9-14-16-10-13(17-14)7-8-15(18)19/h3-6,10H,2,7-9H2,1H3,(H,16,17)(H,18,19). The van der Waals surface area contributed by atoms with Crippen molar-refractivity contribution in [1.82, 2.24) is 9.97 Å². The van der Waals surface area contributed by atoms with Gasteiger partial charge >= 0.3 is 5.97 Å². The number of aromatic nitrogens is 2. The van der Waals surface area contributed by atoms with Crippen molar-refractivity contribution in [3.63, 3.8) is 0 Å². The summed E-state index contributed by atoms with van der Waals surface area (Å²) in [6.07, 6.45) is 4.14. The molecule has 4 heteroatoms. The van der Waals surface area contributed by atoms with Crippen LogP contribution in [0.3, 0.4) is 0 Å². The van der Waals surface area contributed by atoms with E-state index in [0.717, 1.165) is 24.4 Å². The van der Waals surface area contributed by atoms with Gasteiger partial charge in [0.2, 0.25) is 0 Å². The minimum absolute atomic E-state index is 0.132. The van der Waals surface area contributed by atoms with Crippen molar-refractivity contribution in [3.05, 3.63) is 53.1 Å². The Kier molecular flexibility index (Phi) is 4.34. The molecule has 0 saturated heterocycles. The summed E-state index contributed by atoms with van der Waals surface area (Å²) in [6, 6.07) is 8.48. The average Bonchev–Trinajstić information content (AvgIpc) is 2.85. The minimum atomic E-state index is -0.786. The van der Waals surface area contributed by atoms with Gasteiger partial charge in [0.15, 0.2) is 0 Å². The van der Waals surface area contributed by atoms with E-state index in [4.69, 9.17) is 5.11 Å². The first-order chi connectivity index (χ1) is 9.17. The number of carboxylic acids is 1. The number of benzene rings is 1. The number of carbonyl (C=O) groups is 1. The van der Waals surface area contributed by atoms with Crippen molar-refractivity contribution < 1.29 is 9.90 Å². The second-order valence-corrected chi connectivity index (χ2v) is 4.60. The summed E-state index contributed by atoms with van der Waals surface area (Å²) in [6.45, 7) is 2.14. The van der Waals surface area contributed by atoms with E-state index in [-0.39, 0.29) is 6.42 Å². The van der Waals surface area contributed by atoms with Gasteiger partial charge in [-0.15, -0.1) is 0 Å². The van der Waals surface area contributed by atoms with E-state index < -0.39 is 5.97 Å². The van der Waals surface area contributed by atoms with E-state index in [2.05, 4.69) is 41.2 Å². The maximum atomic E-state index is 10.5. The molecule has 100 valence electrons. The van der Waals surface area contributed by atoms with Crippen LogP contribution < -0.4 is 0 Å². The Morgan fingerprint density at radius 3 is 2.58 bits per heavy atom. The lowest BCUT2D eigenvalue weighted by Gasteiger charge is -2.00. The number of H-pyrrole nitrogens is 1. The number of hydrogen-bond donors (Lipinski definition) is 2. The fraction of sp³-hybridized carbons (Fsp3) is 0.333. The first-order valence-corrected chi connectivity index (χ1v) is 6.49. The molecule has 0 radical (unpaired) electrons. The zero-order valence-corrected chi connectivity index (χ0v) is 11.0. The van der Waals surface area contributed by atoms with Gasteiger partial charge < -0.3 is 10.1 Å². The Morgan fingerprint density at radius 2 is 1.95 bits per heavy atom. The highest BCUT2D eigenvalue weighted by Gasteiger charge is 2.04. The fourth-order valence-electron chi connectivity index (χ4n) is 1.95. The molecule has 2 aromatic rings. The van der Waals surface area contributed by atoms with Crippen LogP contribution in [0.2, 0.25) is 0 Å². The molecule has 2 N–H and O–H groups in total. The number of rotatable bonds is 6. The van der Waals surface area contributed by atoms with Crippen molar-refractivity contribution in [1.29, 1.82) is 0 Å². The zero-order chi connectivity index (χ0) is 13.7. The largest absolute Gasteiger partial charge is 0.481 e. The van der Waals surface area contributed by atoms with Crippen molar-refractivity contribution in [2.45, 2.75) is 32.6 Å². The summed E-state index contributed by atoms with van der Waals surface area (Å²) in [5.74, 6) is 0.0935. The Labute approximate surface area is 112 Å².